The van der Waals surface area contributed by atoms with E-state index in [9.17, 15) is 4.79 Å². The molecule has 21 heavy (non-hydrogen) atoms. The summed E-state index contributed by atoms with van der Waals surface area (Å²) >= 11 is 0. The Kier molecular flexibility index (Phi) is 4.04. The second-order valence-electron chi connectivity index (χ2n) is 5.46. The fourth-order valence-electron chi connectivity index (χ4n) is 2.92. The summed E-state index contributed by atoms with van der Waals surface area (Å²) < 4.78 is 5.43. The van der Waals surface area contributed by atoms with Gasteiger partial charge in [0.1, 0.15) is 11.6 Å². The molecule has 0 atom stereocenters. The summed E-state index contributed by atoms with van der Waals surface area (Å²) in [5, 5.41) is 0. The molecule has 4 heteroatoms. The smallest absolute Gasteiger partial charge is 0.251 e. The highest BCUT2D eigenvalue weighted by Crippen LogP contribution is 2.33. The predicted molar refractivity (Wildman–Crippen MR) is 82.7 cm³/mol. The van der Waals surface area contributed by atoms with Crippen molar-refractivity contribution in [2.75, 3.05) is 6.61 Å². The van der Waals surface area contributed by atoms with E-state index in [1.165, 1.54) is 12.8 Å². The van der Waals surface area contributed by atoms with Crippen LogP contribution in [0, 0.1) is 0 Å². The molecule has 2 aromatic rings. The molecule has 3 rings (SSSR count). The molecule has 1 aromatic carbocycles. The Bertz CT molecular complexity index is 655. The minimum Gasteiger partial charge on any atom is -0.494 e. The van der Waals surface area contributed by atoms with Crippen molar-refractivity contribution in [3.8, 4) is 17.1 Å². The Hall–Kier alpha value is -2.10. The van der Waals surface area contributed by atoms with E-state index in [2.05, 4.69) is 9.97 Å². The number of benzene rings is 1. The first-order chi connectivity index (χ1) is 10.3. The zero-order chi connectivity index (χ0) is 14.7. The van der Waals surface area contributed by atoms with Crippen molar-refractivity contribution in [2.24, 2.45) is 0 Å². The molecule has 1 aromatic heterocycles. The third kappa shape index (κ3) is 3.15. The summed E-state index contributed by atoms with van der Waals surface area (Å²) in [6.45, 7) is 2.60. The van der Waals surface area contributed by atoms with Gasteiger partial charge in [0, 0.05) is 17.5 Å². The third-order valence-corrected chi connectivity index (χ3v) is 3.97. The van der Waals surface area contributed by atoms with E-state index in [-0.39, 0.29) is 5.56 Å². The number of aromatic amines is 1. The van der Waals surface area contributed by atoms with Gasteiger partial charge in [-0.1, -0.05) is 12.8 Å². The normalized spacial score (nSPS) is 15.3. The first kappa shape index (κ1) is 13.9. The van der Waals surface area contributed by atoms with Gasteiger partial charge in [-0.25, -0.2) is 4.98 Å². The zero-order valence-electron chi connectivity index (χ0n) is 12.3. The van der Waals surface area contributed by atoms with E-state index < -0.39 is 0 Å². The van der Waals surface area contributed by atoms with Crippen LogP contribution in [-0.4, -0.2) is 16.6 Å². The van der Waals surface area contributed by atoms with Crippen LogP contribution in [0.2, 0.25) is 0 Å². The average molecular weight is 284 g/mol. The molecule has 1 aliphatic carbocycles. The third-order valence-electron chi connectivity index (χ3n) is 3.97. The van der Waals surface area contributed by atoms with Crippen molar-refractivity contribution in [1.29, 1.82) is 0 Å². The molecule has 1 fully saturated rings. The molecule has 110 valence electrons. The number of H-pyrrole nitrogens is 1. The summed E-state index contributed by atoms with van der Waals surface area (Å²) in [4.78, 5) is 19.4. The second kappa shape index (κ2) is 6.12. The van der Waals surface area contributed by atoms with Crippen LogP contribution in [0.1, 0.15) is 44.2 Å². The quantitative estimate of drug-likeness (QED) is 0.935. The minimum atomic E-state index is -0.0733. The number of nitrogens with zero attached hydrogens (tertiary/aromatic N) is 1. The molecule has 0 radical (unpaired) electrons. The molecule has 1 heterocycles. The van der Waals surface area contributed by atoms with Crippen molar-refractivity contribution < 1.29 is 4.74 Å². The molecule has 1 N–H and O–H groups in total. The molecule has 4 nitrogen and oxygen atoms in total. The fraction of sp³-hybridized carbons (Fsp3) is 0.412. The molecule has 0 unspecified atom stereocenters. The lowest BCUT2D eigenvalue weighted by Crippen LogP contribution is -2.12. The Morgan fingerprint density at radius 1 is 1.24 bits per heavy atom. The van der Waals surface area contributed by atoms with Gasteiger partial charge in [-0.05, 0) is 44.0 Å². The Morgan fingerprint density at radius 3 is 2.62 bits per heavy atom. The lowest BCUT2D eigenvalue weighted by Gasteiger charge is -2.10. The second-order valence-corrected chi connectivity index (χ2v) is 5.46. The predicted octanol–water partition coefficient (Wildman–Crippen LogP) is 3.49. The van der Waals surface area contributed by atoms with Crippen LogP contribution in [0.3, 0.4) is 0 Å². The molecule has 0 spiro atoms. The fourth-order valence-corrected chi connectivity index (χ4v) is 2.92. The lowest BCUT2D eigenvalue weighted by atomic mass is 10.0. The van der Waals surface area contributed by atoms with Crippen molar-refractivity contribution in [3.63, 3.8) is 0 Å². The van der Waals surface area contributed by atoms with E-state index in [4.69, 9.17) is 4.74 Å². The van der Waals surface area contributed by atoms with E-state index >= 15 is 0 Å². The Labute approximate surface area is 124 Å². The topological polar surface area (TPSA) is 55.0 Å². The molecular weight excluding hydrogens is 264 g/mol. The van der Waals surface area contributed by atoms with E-state index in [1.54, 1.807) is 6.07 Å². The van der Waals surface area contributed by atoms with Gasteiger partial charge >= 0.3 is 0 Å². The highest BCUT2D eigenvalue weighted by molar-refractivity contribution is 5.56. The minimum absolute atomic E-state index is 0.0733. The summed E-state index contributed by atoms with van der Waals surface area (Å²) in [6, 6.07) is 9.32. The maximum absolute atomic E-state index is 11.9. The highest BCUT2D eigenvalue weighted by atomic mass is 16.5. The number of hydrogen-bond acceptors (Lipinski definition) is 3. The van der Waals surface area contributed by atoms with Gasteiger partial charge in [0.2, 0.25) is 0 Å². The largest absolute Gasteiger partial charge is 0.494 e. The SMILES string of the molecule is CCOc1ccc(-c2nc(C3CCCC3)cc(=O)[nH]2)cc1. The zero-order valence-corrected chi connectivity index (χ0v) is 12.3. The standard InChI is InChI=1S/C17H20N2O2/c1-2-21-14-9-7-13(8-10-14)17-18-15(11-16(20)19-17)12-5-3-4-6-12/h7-12H,2-6H2,1H3,(H,18,19,20). The molecule has 0 aliphatic heterocycles. The molecule has 0 saturated heterocycles. The van der Waals surface area contributed by atoms with Gasteiger partial charge in [0.05, 0.1) is 12.3 Å². The number of ether oxygens (including phenoxy) is 1. The highest BCUT2D eigenvalue weighted by Gasteiger charge is 2.19. The molecule has 0 amide bonds. The summed E-state index contributed by atoms with van der Waals surface area (Å²) in [6.07, 6.45) is 4.74. The van der Waals surface area contributed by atoms with Gasteiger partial charge in [-0.2, -0.15) is 0 Å². The van der Waals surface area contributed by atoms with Gasteiger partial charge in [-0.3, -0.25) is 4.79 Å². The lowest BCUT2D eigenvalue weighted by molar-refractivity contribution is 0.340. The van der Waals surface area contributed by atoms with Crippen LogP contribution >= 0.6 is 0 Å². The number of aromatic nitrogens is 2. The van der Waals surface area contributed by atoms with Crippen LogP contribution in [0.15, 0.2) is 35.1 Å². The first-order valence-electron chi connectivity index (χ1n) is 7.61. The van der Waals surface area contributed by atoms with Gasteiger partial charge in [-0.15, -0.1) is 0 Å². The van der Waals surface area contributed by atoms with Gasteiger partial charge in [0.25, 0.3) is 5.56 Å². The summed E-state index contributed by atoms with van der Waals surface area (Å²) in [5.74, 6) is 1.91. The maximum Gasteiger partial charge on any atom is 0.251 e. The molecule has 1 aliphatic rings. The van der Waals surface area contributed by atoms with Gasteiger partial charge < -0.3 is 9.72 Å². The molecule has 0 bridgehead atoms. The Morgan fingerprint density at radius 2 is 1.95 bits per heavy atom. The monoisotopic (exact) mass is 284 g/mol. The van der Waals surface area contributed by atoms with Crippen molar-refractivity contribution in [1.82, 2.24) is 9.97 Å². The maximum atomic E-state index is 11.9. The first-order valence-corrected chi connectivity index (χ1v) is 7.61. The van der Waals surface area contributed by atoms with Crippen LogP contribution in [-0.2, 0) is 0 Å². The van der Waals surface area contributed by atoms with E-state index in [0.717, 1.165) is 29.8 Å². The van der Waals surface area contributed by atoms with E-state index in [0.29, 0.717) is 18.3 Å². The summed E-state index contributed by atoms with van der Waals surface area (Å²) in [7, 11) is 0. The average Bonchev–Trinajstić information content (AvgIpc) is 3.02. The number of rotatable bonds is 4. The number of hydrogen-bond donors (Lipinski definition) is 1. The van der Waals surface area contributed by atoms with Crippen LogP contribution < -0.4 is 10.3 Å². The van der Waals surface area contributed by atoms with Crippen LogP contribution in [0.4, 0.5) is 0 Å². The Balaban J connectivity index is 1.92. The van der Waals surface area contributed by atoms with Crippen LogP contribution in [0.25, 0.3) is 11.4 Å². The van der Waals surface area contributed by atoms with Crippen LogP contribution in [0.5, 0.6) is 5.75 Å². The number of nitrogens with one attached hydrogen (secondary N) is 1. The van der Waals surface area contributed by atoms with Gasteiger partial charge in [0.15, 0.2) is 0 Å². The van der Waals surface area contributed by atoms with E-state index in [1.807, 2.05) is 31.2 Å². The van der Waals surface area contributed by atoms with Crippen molar-refractivity contribution in [3.05, 3.63) is 46.4 Å². The van der Waals surface area contributed by atoms with Crippen molar-refractivity contribution in [2.45, 2.75) is 38.5 Å². The molecule has 1 saturated carbocycles. The van der Waals surface area contributed by atoms with Crippen molar-refractivity contribution >= 4 is 0 Å². The molecular formula is C17H20N2O2. The summed E-state index contributed by atoms with van der Waals surface area (Å²) in [5.41, 5.74) is 1.77.